The molecule has 1 aromatic rings. The van der Waals surface area contributed by atoms with Gasteiger partial charge in [-0.3, -0.25) is 14.4 Å². The number of esters is 2. The third kappa shape index (κ3) is 7.36. The van der Waals surface area contributed by atoms with Crippen LogP contribution in [0.15, 0.2) is 28.7 Å². The topological polar surface area (TPSA) is 69.7 Å². The molecule has 0 N–H and O–H groups in total. The van der Waals surface area contributed by atoms with Crippen LogP contribution in [0.3, 0.4) is 0 Å². The van der Waals surface area contributed by atoms with Crippen LogP contribution < -0.4 is 0 Å². The lowest BCUT2D eigenvalue weighted by atomic mass is 10.1. The Balaban J connectivity index is 2.24. The number of carbonyl (C=O) groups is 3. The van der Waals surface area contributed by atoms with E-state index in [9.17, 15) is 14.4 Å². The average molecular weight is 371 g/mol. The SMILES string of the molecule is CC(C)OC(=O)CCCC(=O)OCC(=O)c1ccc(Br)cc1. The van der Waals surface area contributed by atoms with Gasteiger partial charge in [0, 0.05) is 22.9 Å². The number of hydrogen-bond donors (Lipinski definition) is 0. The summed E-state index contributed by atoms with van der Waals surface area (Å²) in [5.41, 5.74) is 0.483. The highest BCUT2D eigenvalue weighted by molar-refractivity contribution is 9.10. The molecule has 22 heavy (non-hydrogen) atoms. The fraction of sp³-hybridized carbons (Fsp3) is 0.438. The molecule has 1 aromatic carbocycles. The van der Waals surface area contributed by atoms with Gasteiger partial charge in [-0.15, -0.1) is 0 Å². The lowest BCUT2D eigenvalue weighted by Gasteiger charge is -2.07. The van der Waals surface area contributed by atoms with Crippen LogP contribution >= 0.6 is 15.9 Å². The third-order valence-corrected chi connectivity index (χ3v) is 3.19. The van der Waals surface area contributed by atoms with E-state index in [1.54, 1.807) is 38.1 Å². The van der Waals surface area contributed by atoms with Crippen molar-refractivity contribution in [3.63, 3.8) is 0 Å². The molecule has 5 nitrogen and oxygen atoms in total. The lowest BCUT2D eigenvalue weighted by molar-refractivity contribution is -0.148. The Morgan fingerprint density at radius 3 is 2.23 bits per heavy atom. The van der Waals surface area contributed by atoms with Gasteiger partial charge in [-0.2, -0.15) is 0 Å². The van der Waals surface area contributed by atoms with Crippen LogP contribution in [0.4, 0.5) is 0 Å². The smallest absolute Gasteiger partial charge is 0.306 e. The zero-order valence-electron chi connectivity index (χ0n) is 12.6. The molecule has 0 amide bonds. The first-order valence-electron chi connectivity index (χ1n) is 7.02. The summed E-state index contributed by atoms with van der Waals surface area (Å²) in [5, 5.41) is 0. The van der Waals surface area contributed by atoms with Gasteiger partial charge in [-0.1, -0.05) is 28.1 Å². The largest absolute Gasteiger partial charge is 0.463 e. The summed E-state index contributed by atoms with van der Waals surface area (Å²) < 4.78 is 10.7. The van der Waals surface area contributed by atoms with Gasteiger partial charge < -0.3 is 9.47 Å². The normalized spacial score (nSPS) is 10.4. The Bertz CT molecular complexity index is 522. The molecule has 0 aromatic heterocycles. The van der Waals surface area contributed by atoms with E-state index in [2.05, 4.69) is 15.9 Å². The molecule has 0 aliphatic rings. The van der Waals surface area contributed by atoms with Gasteiger partial charge in [0.05, 0.1) is 6.10 Å². The van der Waals surface area contributed by atoms with Gasteiger partial charge in [0.15, 0.2) is 12.4 Å². The van der Waals surface area contributed by atoms with E-state index in [1.165, 1.54) is 0 Å². The summed E-state index contributed by atoms with van der Waals surface area (Å²) in [4.78, 5) is 34.6. The molecule has 0 aliphatic carbocycles. The number of Topliss-reactive ketones (excluding diaryl/α,β-unsaturated/α-hetero) is 1. The molecule has 0 unspecified atom stereocenters. The third-order valence-electron chi connectivity index (χ3n) is 2.66. The van der Waals surface area contributed by atoms with E-state index in [1.807, 2.05) is 0 Å². The Morgan fingerprint density at radius 2 is 1.64 bits per heavy atom. The van der Waals surface area contributed by atoms with E-state index in [0.717, 1.165) is 4.47 Å². The maximum atomic E-state index is 11.8. The Kier molecular flexibility index (Phi) is 7.80. The van der Waals surface area contributed by atoms with Crippen LogP contribution in [-0.4, -0.2) is 30.4 Å². The van der Waals surface area contributed by atoms with Gasteiger partial charge in [0.2, 0.25) is 0 Å². The number of ketones is 1. The molecule has 6 heteroatoms. The molecule has 0 aliphatic heterocycles. The van der Waals surface area contributed by atoms with Gasteiger partial charge in [-0.05, 0) is 32.4 Å². The summed E-state index contributed by atoms with van der Waals surface area (Å²) in [6.45, 7) is 3.23. The van der Waals surface area contributed by atoms with Crippen LogP contribution in [0.2, 0.25) is 0 Å². The molecule has 1 rings (SSSR count). The van der Waals surface area contributed by atoms with E-state index >= 15 is 0 Å². The van der Waals surface area contributed by atoms with Crippen LogP contribution in [0.1, 0.15) is 43.5 Å². The average Bonchev–Trinajstić information content (AvgIpc) is 2.44. The molecule has 0 bridgehead atoms. The summed E-state index contributed by atoms with van der Waals surface area (Å²) in [7, 11) is 0. The second kappa shape index (κ2) is 9.35. The minimum absolute atomic E-state index is 0.0841. The molecule has 0 spiro atoms. The molecule has 0 fully saturated rings. The molecule has 0 radical (unpaired) electrons. The van der Waals surface area contributed by atoms with Crippen molar-refractivity contribution >= 4 is 33.7 Å². The van der Waals surface area contributed by atoms with E-state index in [0.29, 0.717) is 12.0 Å². The first-order chi connectivity index (χ1) is 10.4. The summed E-state index contributed by atoms with van der Waals surface area (Å²) in [6.07, 6.45) is 0.425. The zero-order chi connectivity index (χ0) is 16.5. The number of carbonyl (C=O) groups excluding carboxylic acids is 3. The van der Waals surface area contributed by atoms with Crippen molar-refractivity contribution < 1.29 is 23.9 Å². The number of benzene rings is 1. The maximum absolute atomic E-state index is 11.8. The Morgan fingerprint density at radius 1 is 1.05 bits per heavy atom. The minimum Gasteiger partial charge on any atom is -0.463 e. The second-order valence-corrected chi connectivity index (χ2v) is 5.90. The number of rotatable bonds is 8. The van der Waals surface area contributed by atoms with Crippen molar-refractivity contribution in [1.29, 1.82) is 0 Å². The predicted molar refractivity (Wildman–Crippen MR) is 84.5 cm³/mol. The highest BCUT2D eigenvalue weighted by Gasteiger charge is 2.11. The summed E-state index contributed by atoms with van der Waals surface area (Å²) >= 11 is 3.28. The minimum atomic E-state index is -0.497. The first-order valence-corrected chi connectivity index (χ1v) is 7.81. The van der Waals surface area contributed by atoms with Crippen molar-refractivity contribution in [2.75, 3.05) is 6.61 Å². The maximum Gasteiger partial charge on any atom is 0.306 e. The molecule has 0 heterocycles. The van der Waals surface area contributed by atoms with Gasteiger partial charge >= 0.3 is 11.9 Å². The van der Waals surface area contributed by atoms with E-state index < -0.39 is 5.97 Å². The fourth-order valence-corrected chi connectivity index (χ4v) is 1.90. The molecule has 120 valence electrons. The van der Waals surface area contributed by atoms with Crippen LogP contribution in [0.5, 0.6) is 0 Å². The molecular weight excluding hydrogens is 352 g/mol. The Hall–Kier alpha value is -1.69. The summed E-state index contributed by atoms with van der Waals surface area (Å²) in [6, 6.07) is 6.80. The highest BCUT2D eigenvalue weighted by Crippen LogP contribution is 2.11. The second-order valence-electron chi connectivity index (χ2n) is 4.98. The van der Waals surface area contributed by atoms with E-state index in [-0.39, 0.29) is 37.3 Å². The monoisotopic (exact) mass is 370 g/mol. The van der Waals surface area contributed by atoms with Crippen LogP contribution in [0, 0.1) is 0 Å². The van der Waals surface area contributed by atoms with Gasteiger partial charge in [0.25, 0.3) is 0 Å². The predicted octanol–water partition coefficient (Wildman–Crippen LogP) is 3.30. The fourth-order valence-electron chi connectivity index (χ4n) is 1.64. The quantitative estimate of drug-likeness (QED) is 0.518. The van der Waals surface area contributed by atoms with Crippen LogP contribution in [-0.2, 0) is 19.1 Å². The highest BCUT2D eigenvalue weighted by atomic mass is 79.9. The first kappa shape index (κ1) is 18.4. The molecule has 0 atom stereocenters. The molecule has 0 saturated carbocycles. The molecule has 0 saturated heterocycles. The van der Waals surface area contributed by atoms with Crippen molar-refractivity contribution in [3.05, 3.63) is 34.3 Å². The number of ether oxygens (including phenoxy) is 2. The Labute approximate surface area is 138 Å². The van der Waals surface area contributed by atoms with Crippen LogP contribution in [0.25, 0.3) is 0 Å². The zero-order valence-corrected chi connectivity index (χ0v) is 14.2. The van der Waals surface area contributed by atoms with Gasteiger partial charge in [-0.25, -0.2) is 0 Å². The van der Waals surface area contributed by atoms with Crippen molar-refractivity contribution in [2.45, 2.75) is 39.2 Å². The summed E-state index contributed by atoms with van der Waals surface area (Å²) in [5.74, 6) is -1.10. The number of halogens is 1. The van der Waals surface area contributed by atoms with Crippen molar-refractivity contribution in [2.24, 2.45) is 0 Å². The standard InChI is InChI=1S/C16H19BrO5/c1-11(2)22-16(20)5-3-4-15(19)21-10-14(18)12-6-8-13(17)9-7-12/h6-9,11H,3-5,10H2,1-2H3. The number of hydrogen-bond acceptors (Lipinski definition) is 5. The van der Waals surface area contributed by atoms with Gasteiger partial charge in [0.1, 0.15) is 0 Å². The molecular formula is C16H19BrO5. The van der Waals surface area contributed by atoms with Crippen molar-refractivity contribution in [1.82, 2.24) is 0 Å². The lowest BCUT2D eigenvalue weighted by Crippen LogP contribution is -2.15. The van der Waals surface area contributed by atoms with Crippen molar-refractivity contribution in [3.8, 4) is 0 Å². The van der Waals surface area contributed by atoms with E-state index in [4.69, 9.17) is 9.47 Å².